The lowest BCUT2D eigenvalue weighted by Gasteiger charge is -2.33. The largest absolute Gasteiger partial charge is 0.341 e. The van der Waals surface area contributed by atoms with E-state index in [2.05, 4.69) is 69.5 Å². The summed E-state index contributed by atoms with van der Waals surface area (Å²) in [7, 11) is 2.00. The van der Waals surface area contributed by atoms with Crippen LogP contribution in [0, 0.1) is 6.92 Å². The molecule has 3 rings (SSSR count). The van der Waals surface area contributed by atoms with Crippen LogP contribution in [0.2, 0.25) is 0 Å². The third kappa shape index (κ3) is 2.99. The van der Waals surface area contributed by atoms with Gasteiger partial charge in [0, 0.05) is 28.9 Å². The minimum Gasteiger partial charge on any atom is -0.341 e. The molecule has 0 spiro atoms. The third-order valence-corrected chi connectivity index (χ3v) is 4.55. The minimum absolute atomic E-state index is 0.881. The van der Waals surface area contributed by atoms with E-state index in [1.54, 1.807) is 0 Å². The van der Waals surface area contributed by atoms with Gasteiger partial charge in [0.25, 0.3) is 0 Å². The molecule has 110 valence electrons. The molecule has 0 radical (unpaired) electrons. The maximum absolute atomic E-state index is 3.59. The number of benzene rings is 2. The van der Waals surface area contributed by atoms with Crippen molar-refractivity contribution < 1.29 is 0 Å². The first-order valence-corrected chi connectivity index (χ1v) is 8.28. The molecule has 0 fully saturated rings. The van der Waals surface area contributed by atoms with Crippen LogP contribution in [-0.4, -0.2) is 13.6 Å². The fraction of sp³-hybridized carbons (Fsp3) is 0.333. The van der Waals surface area contributed by atoms with Crippen LogP contribution in [-0.2, 0) is 13.0 Å². The zero-order chi connectivity index (χ0) is 14.8. The second-order valence-electron chi connectivity index (χ2n) is 5.69. The SMILES string of the molecule is CNCc1cc(Br)ccc1N1CCCc2cc(C)ccc21. The van der Waals surface area contributed by atoms with E-state index in [9.17, 15) is 0 Å². The summed E-state index contributed by atoms with van der Waals surface area (Å²) in [5.41, 5.74) is 6.84. The lowest BCUT2D eigenvalue weighted by atomic mass is 9.98. The minimum atomic E-state index is 0.881. The van der Waals surface area contributed by atoms with Gasteiger partial charge in [-0.2, -0.15) is 0 Å². The number of hydrogen-bond donors (Lipinski definition) is 1. The van der Waals surface area contributed by atoms with E-state index in [1.165, 1.54) is 40.9 Å². The predicted molar refractivity (Wildman–Crippen MR) is 93.4 cm³/mol. The molecule has 0 bridgehead atoms. The molecule has 0 aliphatic carbocycles. The van der Waals surface area contributed by atoms with E-state index < -0.39 is 0 Å². The average molecular weight is 345 g/mol. The van der Waals surface area contributed by atoms with Gasteiger partial charge in [0.2, 0.25) is 0 Å². The molecule has 0 unspecified atom stereocenters. The van der Waals surface area contributed by atoms with Gasteiger partial charge >= 0.3 is 0 Å². The topological polar surface area (TPSA) is 15.3 Å². The molecule has 2 aromatic carbocycles. The highest BCUT2D eigenvalue weighted by Gasteiger charge is 2.20. The normalized spacial score (nSPS) is 14.1. The Balaban J connectivity index is 2.06. The zero-order valence-electron chi connectivity index (χ0n) is 12.6. The number of hydrogen-bond acceptors (Lipinski definition) is 2. The lowest BCUT2D eigenvalue weighted by Crippen LogP contribution is -2.26. The van der Waals surface area contributed by atoms with E-state index in [-0.39, 0.29) is 0 Å². The molecule has 0 aromatic heterocycles. The van der Waals surface area contributed by atoms with Crippen molar-refractivity contribution in [3.8, 4) is 0 Å². The third-order valence-electron chi connectivity index (χ3n) is 4.05. The van der Waals surface area contributed by atoms with Crippen molar-refractivity contribution in [1.29, 1.82) is 0 Å². The molecule has 0 saturated heterocycles. The molecule has 0 saturated carbocycles. The van der Waals surface area contributed by atoms with E-state index in [1.807, 2.05) is 7.05 Å². The van der Waals surface area contributed by atoms with Gasteiger partial charge in [0.15, 0.2) is 0 Å². The monoisotopic (exact) mass is 344 g/mol. The van der Waals surface area contributed by atoms with Gasteiger partial charge in [-0.25, -0.2) is 0 Å². The number of anilines is 2. The summed E-state index contributed by atoms with van der Waals surface area (Å²) in [5.74, 6) is 0. The number of rotatable bonds is 3. The molecule has 2 nitrogen and oxygen atoms in total. The van der Waals surface area contributed by atoms with Gasteiger partial charge in [-0.05, 0) is 62.2 Å². The second-order valence-corrected chi connectivity index (χ2v) is 6.61. The summed E-state index contributed by atoms with van der Waals surface area (Å²) >= 11 is 3.59. The quantitative estimate of drug-likeness (QED) is 0.877. The van der Waals surface area contributed by atoms with Crippen molar-refractivity contribution in [1.82, 2.24) is 5.32 Å². The van der Waals surface area contributed by atoms with Crippen molar-refractivity contribution in [3.05, 3.63) is 57.6 Å². The van der Waals surface area contributed by atoms with Crippen molar-refractivity contribution in [2.45, 2.75) is 26.3 Å². The summed E-state index contributed by atoms with van der Waals surface area (Å²) in [6.45, 7) is 4.15. The van der Waals surface area contributed by atoms with Gasteiger partial charge in [-0.3, -0.25) is 0 Å². The first-order chi connectivity index (χ1) is 10.2. The molecular formula is C18H21BrN2. The number of halogens is 1. The zero-order valence-corrected chi connectivity index (χ0v) is 14.2. The van der Waals surface area contributed by atoms with Crippen LogP contribution in [0.1, 0.15) is 23.1 Å². The Morgan fingerprint density at radius 3 is 2.76 bits per heavy atom. The van der Waals surface area contributed by atoms with E-state index in [0.29, 0.717) is 0 Å². The Labute approximate surface area is 135 Å². The van der Waals surface area contributed by atoms with Crippen LogP contribution in [0.25, 0.3) is 0 Å². The number of aryl methyl sites for hydroxylation is 2. The van der Waals surface area contributed by atoms with Crippen LogP contribution >= 0.6 is 15.9 Å². The molecular weight excluding hydrogens is 324 g/mol. The second kappa shape index (κ2) is 6.20. The first kappa shape index (κ1) is 14.6. The molecule has 2 aromatic rings. The highest BCUT2D eigenvalue weighted by Crippen LogP contribution is 2.36. The smallest absolute Gasteiger partial charge is 0.0457 e. The highest BCUT2D eigenvalue weighted by molar-refractivity contribution is 9.10. The van der Waals surface area contributed by atoms with Gasteiger partial charge in [0.05, 0.1) is 0 Å². The first-order valence-electron chi connectivity index (χ1n) is 7.49. The summed E-state index contributed by atoms with van der Waals surface area (Å²) in [6, 6.07) is 13.4. The molecule has 1 heterocycles. The highest BCUT2D eigenvalue weighted by atomic mass is 79.9. The van der Waals surface area contributed by atoms with Gasteiger partial charge in [0.1, 0.15) is 0 Å². The molecule has 0 amide bonds. The lowest BCUT2D eigenvalue weighted by molar-refractivity contribution is 0.754. The van der Waals surface area contributed by atoms with Crippen LogP contribution in [0.4, 0.5) is 11.4 Å². The Kier molecular flexibility index (Phi) is 4.32. The molecule has 1 aliphatic rings. The van der Waals surface area contributed by atoms with E-state index >= 15 is 0 Å². The van der Waals surface area contributed by atoms with Gasteiger partial charge in [-0.1, -0.05) is 33.6 Å². The van der Waals surface area contributed by atoms with Crippen molar-refractivity contribution >= 4 is 27.3 Å². The predicted octanol–water partition coefficient (Wildman–Crippen LogP) is 4.56. The molecule has 1 N–H and O–H groups in total. The van der Waals surface area contributed by atoms with Crippen LogP contribution < -0.4 is 10.2 Å². The van der Waals surface area contributed by atoms with Gasteiger partial charge in [-0.15, -0.1) is 0 Å². The Morgan fingerprint density at radius 1 is 1.14 bits per heavy atom. The summed E-state index contributed by atoms with van der Waals surface area (Å²) in [5, 5.41) is 3.28. The summed E-state index contributed by atoms with van der Waals surface area (Å²) in [6.07, 6.45) is 2.40. The maximum atomic E-state index is 3.59. The van der Waals surface area contributed by atoms with Crippen LogP contribution in [0.5, 0.6) is 0 Å². The Bertz CT molecular complexity index is 652. The van der Waals surface area contributed by atoms with Crippen LogP contribution in [0.15, 0.2) is 40.9 Å². The average Bonchev–Trinajstić information content (AvgIpc) is 2.47. The van der Waals surface area contributed by atoms with Crippen molar-refractivity contribution in [3.63, 3.8) is 0 Å². The Morgan fingerprint density at radius 2 is 1.95 bits per heavy atom. The molecule has 0 atom stereocenters. The molecule has 1 aliphatic heterocycles. The number of nitrogens with one attached hydrogen (secondary N) is 1. The summed E-state index contributed by atoms with van der Waals surface area (Å²) < 4.78 is 1.14. The van der Waals surface area contributed by atoms with Gasteiger partial charge < -0.3 is 10.2 Å². The van der Waals surface area contributed by atoms with Crippen molar-refractivity contribution in [2.24, 2.45) is 0 Å². The summed E-state index contributed by atoms with van der Waals surface area (Å²) in [4.78, 5) is 2.47. The van der Waals surface area contributed by atoms with E-state index in [0.717, 1.165) is 17.6 Å². The standard InChI is InChI=1S/C18H21BrN2/c1-13-5-7-17-14(10-13)4-3-9-21(17)18-8-6-16(19)11-15(18)12-20-2/h5-8,10-11,20H,3-4,9,12H2,1-2H3. The van der Waals surface area contributed by atoms with Crippen molar-refractivity contribution in [2.75, 3.05) is 18.5 Å². The maximum Gasteiger partial charge on any atom is 0.0457 e. The number of nitrogens with zero attached hydrogens (tertiary/aromatic N) is 1. The molecule has 3 heteroatoms. The fourth-order valence-electron chi connectivity index (χ4n) is 3.13. The fourth-order valence-corrected chi connectivity index (χ4v) is 3.53. The van der Waals surface area contributed by atoms with Crippen LogP contribution in [0.3, 0.4) is 0 Å². The molecule has 21 heavy (non-hydrogen) atoms. The van der Waals surface area contributed by atoms with E-state index in [4.69, 9.17) is 0 Å². The number of fused-ring (bicyclic) bond motifs is 1. The Hall–Kier alpha value is -1.32.